The van der Waals surface area contributed by atoms with E-state index in [2.05, 4.69) is 0 Å². The highest BCUT2D eigenvalue weighted by Gasteiger charge is 2.25. The number of aromatic nitrogens is 2. The maximum Gasteiger partial charge on any atom is 0.344 e. The van der Waals surface area contributed by atoms with Gasteiger partial charge >= 0.3 is 5.97 Å². The molecule has 0 N–H and O–H groups in total. The van der Waals surface area contributed by atoms with E-state index < -0.39 is 29.8 Å². The average molecular weight is 401 g/mol. The zero-order valence-electron chi connectivity index (χ0n) is 14.9. The molecule has 0 aliphatic carbocycles. The van der Waals surface area contributed by atoms with E-state index in [1.54, 1.807) is 18.5 Å². The number of carbonyl (C=O) groups is 1. The van der Waals surface area contributed by atoms with Gasteiger partial charge in [0.15, 0.2) is 18.2 Å². The summed E-state index contributed by atoms with van der Waals surface area (Å²) in [4.78, 5) is 24.2. The zero-order chi connectivity index (χ0) is 19.7. The summed E-state index contributed by atoms with van der Waals surface area (Å²) in [5.74, 6) is -2.98. The molecule has 0 amide bonds. The summed E-state index contributed by atoms with van der Waals surface area (Å²) in [5.41, 5.74) is -0.672. The van der Waals surface area contributed by atoms with E-state index in [4.69, 9.17) is 21.1 Å². The fourth-order valence-electron chi connectivity index (χ4n) is 3.02. The Balaban J connectivity index is 1.97. The smallest absolute Gasteiger partial charge is 0.344 e. The van der Waals surface area contributed by atoms with E-state index in [9.17, 15) is 18.4 Å². The van der Waals surface area contributed by atoms with Crippen LogP contribution in [0.5, 0.6) is 5.75 Å². The molecule has 27 heavy (non-hydrogen) atoms. The predicted octanol–water partition coefficient (Wildman–Crippen LogP) is 3.37. The second-order valence-corrected chi connectivity index (χ2v) is 6.87. The van der Waals surface area contributed by atoms with Gasteiger partial charge in [-0.2, -0.15) is 0 Å². The zero-order valence-corrected chi connectivity index (χ0v) is 15.7. The molecule has 0 unspecified atom stereocenters. The molecule has 6 nitrogen and oxygen atoms in total. The number of rotatable bonds is 5. The highest BCUT2D eigenvalue weighted by molar-refractivity contribution is 6.32. The molecule has 1 aliphatic rings. The molecule has 0 atom stereocenters. The van der Waals surface area contributed by atoms with Crippen molar-refractivity contribution in [3.8, 4) is 16.9 Å². The number of halogens is 3. The highest BCUT2D eigenvalue weighted by Crippen LogP contribution is 2.33. The monoisotopic (exact) mass is 400 g/mol. The van der Waals surface area contributed by atoms with Crippen molar-refractivity contribution in [2.75, 3.05) is 6.61 Å². The lowest BCUT2D eigenvalue weighted by Crippen LogP contribution is -2.27. The van der Waals surface area contributed by atoms with Crippen LogP contribution in [0.15, 0.2) is 16.9 Å². The van der Waals surface area contributed by atoms with Gasteiger partial charge in [-0.25, -0.2) is 18.3 Å². The molecule has 3 rings (SSSR count). The van der Waals surface area contributed by atoms with Crippen molar-refractivity contribution >= 4 is 17.6 Å². The molecule has 1 aliphatic heterocycles. The van der Waals surface area contributed by atoms with E-state index >= 15 is 0 Å². The molecule has 9 heteroatoms. The first-order chi connectivity index (χ1) is 12.8. The maximum atomic E-state index is 14.4. The summed E-state index contributed by atoms with van der Waals surface area (Å²) < 4.78 is 41.5. The Morgan fingerprint density at radius 1 is 1.19 bits per heavy atom. The van der Waals surface area contributed by atoms with Crippen LogP contribution in [0.1, 0.15) is 26.7 Å². The van der Waals surface area contributed by atoms with Crippen molar-refractivity contribution in [2.24, 2.45) is 0 Å². The SMILES string of the molecule is CC(C)OC(=O)COc1cc(-c2c(Cl)n3n(c2=O)CCCC3)c(F)cc1F. The highest BCUT2D eigenvalue weighted by atomic mass is 35.5. The maximum absolute atomic E-state index is 14.4. The van der Waals surface area contributed by atoms with E-state index in [1.165, 1.54) is 4.68 Å². The lowest BCUT2D eigenvalue weighted by atomic mass is 10.1. The molecule has 146 valence electrons. The summed E-state index contributed by atoms with van der Waals surface area (Å²) >= 11 is 6.30. The first-order valence-electron chi connectivity index (χ1n) is 8.60. The van der Waals surface area contributed by atoms with Gasteiger partial charge in [0.05, 0.1) is 11.7 Å². The third kappa shape index (κ3) is 3.85. The fraction of sp³-hybridized carbons (Fsp3) is 0.444. The summed E-state index contributed by atoms with van der Waals surface area (Å²) in [7, 11) is 0. The Kier molecular flexibility index (Phi) is 5.55. The molecule has 1 aromatic heterocycles. The number of carbonyl (C=O) groups excluding carboxylic acids is 1. The van der Waals surface area contributed by atoms with Gasteiger partial charge in [-0.15, -0.1) is 0 Å². The van der Waals surface area contributed by atoms with Crippen LogP contribution >= 0.6 is 11.6 Å². The fourth-order valence-corrected chi connectivity index (χ4v) is 3.38. The topological polar surface area (TPSA) is 62.5 Å². The normalized spacial score (nSPS) is 13.6. The second-order valence-electron chi connectivity index (χ2n) is 6.51. The van der Waals surface area contributed by atoms with Crippen molar-refractivity contribution < 1.29 is 23.0 Å². The standard InChI is InChI=1S/C18H19ClF2N2O4/c1-10(2)27-15(24)9-26-14-7-11(12(20)8-13(14)21)16-17(19)22-5-3-4-6-23(22)18(16)25/h7-8,10H,3-6,9H2,1-2H3. The number of ether oxygens (including phenoxy) is 2. The van der Waals surface area contributed by atoms with E-state index in [1.807, 2.05) is 0 Å². The minimum Gasteiger partial charge on any atom is -0.479 e. The van der Waals surface area contributed by atoms with Crippen LogP contribution in [0.2, 0.25) is 5.15 Å². The van der Waals surface area contributed by atoms with Crippen LogP contribution in [0.25, 0.3) is 11.1 Å². The predicted molar refractivity (Wildman–Crippen MR) is 95.0 cm³/mol. The average Bonchev–Trinajstić information content (AvgIpc) is 2.85. The van der Waals surface area contributed by atoms with Gasteiger partial charge in [0, 0.05) is 24.7 Å². The van der Waals surface area contributed by atoms with E-state index in [-0.39, 0.29) is 28.1 Å². The van der Waals surface area contributed by atoms with Gasteiger partial charge in [-0.3, -0.25) is 9.48 Å². The number of esters is 1. The van der Waals surface area contributed by atoms with Crippen LogP contribution in [-0.2, 0) is 22.6 Å². The van der Waals surface area contributed by atoms with Crippen molar-refractivity contribution in [1.82, 2.24) is 9.36 Å². The molecule has 0 radical (unpaired) electrons. The van der Waals surface area contributed by atoms with Crippen LogP contribution in [0.4, 0.5) is 8.78 Å². The van der Waals surface area contributed by atoms with Gasteiger partial charge < -0.3 is 9.47 Å². The van der Waals surface area contributed by atoms with Gasteiger partial charge in [0.25, 0.3) is 5.56 Å². The summed E-state index contributed by atoms with van der Waals surface area (Å²) in [6.45, 7) is 3.81. The molecule has 2 aromatic rings. The molecular weight excluding hydrogens is 382 g/mol. The number of benzene rings is 1. The first kappa shape index (κ1) is 19.4. The van der Waals surface area contributed by atoms with Crippen LogP contribution in [0, 0.1) is 11.6 Å². The summed E-state index contributed by atoms with van der Waals surface area (Å²) in [5, 5.41) is 0.0929. The molecule has 0 saturated heterocycles. The van der Waals surface area contributed by atoms with E-state index in [0.717, 1.165) is 18.9 Å². The third-order valence-electron chi connectivity index (χ3n) is 4.17. The van der Waals surface area contributed by atoms with Gasteiger partial charge in [-0.1, -0.05) is 11.6 Å². The number of nitrogens with zero attached hydrogens (tertiary/aromatic N) is 2. The van der Waals surface area contributed by atoms with Crippen molar-refractivity contribution in [1.29, 1.82) is 0 Å². The molecule has 2 heterocycles. The number of fused-ring (bicyclic) bond motifs is 1. The minimum absolute atomic E-state index is 0.0503. The van der Waals surface area contributed by atoms with Crippen molar-refractivity contribution in [3.63, 3.8) is 0 Å². The quantitative estimate of drug-likeness (QED) is 0.722. The third-order valence-corrected chi connectivity index (χ3v) is 4.55. The van der Waals surface area contributed by atoms with Crippen LogP contribution < -0.4 is 10.3 Å². The Morgan fingerprint density at radius 3 is 2.48 bits per heavy atom. The Hall–Kier alpha value is -2.35. The molecule has 1 aromatic carbocycles. The van der Waals surface area contributed by atoms with Gasteiger partial charge in [0.1, 0.15) is 11.0 Å². The Bertz CT molecular complexity index is 936. The Labute approximate surface area is 159 Å². The lowest BCUT2D eigenvalue weighted by Gasteiger charge is -2.17. The Morgan fingerprint density at radius 2 is 1.85 bits per heavy atom. The van der Waals surface area contributed by atoms with Crippen LogP contribution in [0.3, 0.4) is 0 Å². The second kappa shape index (κ2) is 7.72. The summed E-state index contributed by atoms with van der Waals surface area (Å²) in [6, 6.07) is 1.65. The number of hydrogen-bond donors (Lipinski definition) is 0. The van der Waals surface area contributed by atoms with E-state index in [0.29, 0.717) is 19.2 Å². The van der Waals surface area contributed by atoms with Gasteiger partial charge in [-0.05, 0) is 32.8 Å². The van der Waals surface area contributed by atoms with Gasteiger partial charge in [0.2, 0.25) is 0 Å². The molecule has 0 saturated carbocycles. The largest absolute Gasteiger partial charge is 0.479 e. The van der Waals surface area contributed by atoms with Crippen LogP contribution in [-0.4, -0.2) is 28.0 Å². The molecule has 0 spiro atoms. The minimum atomic E-state index is -0.992. The molecule has 0 bridgehead atoms. The molecular formula is C18H19ClF2N2O4. The van der Waals surface area contributed by atoms with Crippen molar-refractivity contribution in [3.05, 3.63) is 39.3 Å². The molecule has 0 fully saturated rings. The number of hydrogen-bond acceptors (Lipinski definition) is 4. The lowest BCUT2D eigenvalue weighted by molar-refractivity contribution is -0.149. The van der Waals surface area contributed by atoms with Crippen molar-refractivity contribution in [2.45, 2.75) is 45.9 Å². The first-order valence-corrected chi connectivity index (χ1v) is 8.98. The summed E-state index contributed by atoms with van der Waals surface area (Å²) in [6.07, 6.45) is 1.32.